The molecule has 0 saturated carbocycles. The summed E-state index contributed by atoms with van der Waals surface area (Å²) in [5.41, 5.74) is -0.230. The lowest BCUT2D eigenvalue weighted by Crippen LogP contribution is -2.65. The minimum Gasteiger partial charge on any atom is -0.381 e. The average Bonchev–Trinajstić information content (AvgIpc) is 2.25. The van der Waals surface area contributed by atoms with Crippen LogP contribution in [0.4, 0.5) is 0 Å². The predicted octanol–water partition coefficient (Wildman–Crippen LogP) is -0.0976. The van der Waals surface area contributed by atoms with Gasteiger partial charge in [-0.05, 0) is 26.7 Å². The van der Waals surface area contributed by atoms with Crippen LogP contribution < -0.4 is 5.32 Å². The van der Waals surface area contributed by atoms with Crippen LogP contribution >= 0.6 is 0 Å². The van der Waals surface area contributed by atoms with E-state index in [0.717, 1.165) is 12.8 Å². The summed E-state index contributed by atoms with van der Waals surface area (Å²) >= 11 is 0. The quantitative estimate of drug-likeness (QED) is 0.679. The number of piperazine rings is 1. The molecule has 0 bridgehead atoms. The van der Waals surface area contributed by atoms with Gasteiger partial charge < -0.3 is 15.0 Å². The molecule has 2 rings (SSSR count). The summed E-state index contributed by atoms with van der Waals surface area (Å²) in [6.45, 7) is 5.28. The molecule has 0 aliphatic carbocycles. The second-order valence-electron chi connectivity index (χ2n) is 4.77. The summed E-state index contributed by atoms with van der Waals surface area (Å²) < 4.78 is 5.31. The fourth-order valence-corrected chi connectivity index (χ4v) is 2.55. The fourth-order valence-electron chi connectivity index (χ4n) is 2.55. The highest BCUT2D eigenvalue weighted by Crippen LogP contribution is 2.30. The number of carbonyl (C=O) groups is 2. The van der Waals surface area contributed by atoms with Gasteiger partial charge in [-0.3, -0.25) is 9.59 Å². The molecule has 2 amide bonds. The predicted molar refractivity (Wildman–Crippen MR) is 57.8 cm³/mol. The zero-order valence-corrected chi connectivity index (χ0v) is 9.78. The summed E-state index contributed by atoms with van der Waals surface area (Å²) in [4.78, 5) is 25.3. The topological polar surface area (TPSA) is 58.6 Å². The van der Waals surface area contributed by atoms with Crippen molar-refractivity contribution in [3.63, 3.8) is 0 Å². The Labute approximate surface area is 95.1 Å². The molecule has 2 saturated heterocycles. The smallest absolute Gasteiger partial charge is 0.243 e. The Hall–Kier alpha value is -1.10. The van der Waals surface area contributed by atoms with Crippen molar-refractivity contribution < 1.29 is 14.3 Å². The van der Waals surface area contributed by atoms with E-state index in [9.17, 15) is 9.59 Å². The maximum Gasteiger partial charge on any atom is 0.243 e. The zero-order valence-electron chi connectivity index (χ0n) is 9.78. The maximum absolute atomic E-state index is 11.9. The lowest BCUT2D eigenvalue weighted by molar-refractivity contribution is -0.155. The molecule has 90 valence electrons. The van der Waals surface area contributed by atoms with E-state index in [2.05, 4.69) is 5.32 Å². The summed E-state index contributed by atoms with van der Waals surface area (Å²) in [6, 6.07) is -0.371. The first kappa shape index (κ1) is 11.4. The van der Waals surface area contributed by atoms with E-state index in [4.69, 9.17) is 4.74 Å². The third kappa shape index (κ3) is 1.80. The molecule has 2 aliphatic rings. The first-order valence-corrected chi connectivity index (χ1v) is 5.72. The van der Waals surface area contributed by atoms with Gasteiger partial charge >= 0.3 is 0 Å². The van der Waals surface area contributed by atoms with E-state index in [1.165, 1.54) is 0 Å². The van der Waals surface area contributed by atoms with Crippen molar-refractivity contribution in [2.45, 2.75) is 38.3 Å². The Kier molecular flexibility index (Phi) is 2.88. The molecular weight excluding hydrogens is 208 g/mol. The number of amides is 2. The van der Waals surface area contributed by atoms with Crippen LogP contribution in [0.1, 0.15) is 26.7 Å². The Morgan fingerprint density at radius 2 is 2.00 bits per heavy atom. The maximum atomic E-state index is 11.9. The number of nitrogens with zero attached hydrogens (tertiary/aromatic N) is 1. The Morgan fingerprint density at radius 3 is 2.62 bits per heavy atom. The highest BCUT2D eigenvalue weighted by molar-refractivity contribution is 5.95. The first-order chi connectivity index (χ1) is 7.54. The van der Waals surface area contributed by atoms with Crippen LogP contribution in [0.15, 0.2) is 0 Å². The van der Waals surface area contributed by atoms with Crippen molar-refractivity contribution in [1.82, 2.24) is 10.2 Å². The number of nitrogens with one attached hydrogen (secondary N) is 1. The summed E-state index contributed by atoms with van der Waals surface area (Å²) in [6.07, 6.45) is 1.60. The van der Waals surface area contributed by atoms with Crippen molar-refractivity contribution in [2.75, 3.05) is 19.8 Å². The molecule has 5 nitrogen and oxygen atoms in total. The molecule has 0 radical (unpaired) electrons. The molecule has 5 heteroatoms. The molecule has 2 fully saturated rings. The Bertz CT molecular complexity index is 310. The van der Waals surface area contributed by atoms with E-state index in [-0.39, 0.29) is 29.9 Å². The minimum absolute atomic E-state index is 0.0106. The summed E-state index contributed by atoms with van der Waals surface area (Å²) in [5.74, 6) is -0.0520. The van der Waals surface area contributed by atoms with Crippen LogP contribution in [0.2, 0.25) is 0 Å². The van der Waals surface area contributed by atoms with Crippen molar-refractivity contribution in [1.29, 1.82) is 0 Å². The van der Waals surface area contributed by atoms with Gasteiger partial charge in [0.2, 0.25) is 11.8 Å². The van der Waals surface area contributed by atoms with Crippen molar-refractivity contribution in [2.24, 2.45) is 0 Å². The van der Waals surface area contributed by atoms with Crippen LogP contribution in [-0.2, 0) is 14.3 Å². The molecule has 1 unspecified atom stereocenters. The minimum atomic E-state index is -0.371. The van der Waals surface area contributed by atoms with Gasteiger partial charge in [0.1, 0.15) is 6.04 Å². The van der Waals surface area contributed by atoms with Crippen LogP contribution in [0.5, 0.6) is 0 Å². The van der Waals surface area contributed by atoms with E-state index >= 15 is 0 Å². The number of carbonyl (C=O) groups excluding carboxylic acids is 2. The molecule has 1 N–H and O–H groups in total. The highest BCUT2D eigenvalue weighted by atomic mass is 16.5. The molecule has 2 heterocycles. The third-order valence-corrected chi connectivity index (χ3v) is 3.60. The summed E-state index contributed by atoms with van der Waals surface area (Å²) in [5, 5.41) is 2.61. The van der Waals surface area contributed by atoms with Crippen LogP contribution in [-0.4, -0.2) is 48.1 Å². The molecular formula is C11H18N2O3. The van der Waals surface area contributed by atoms with Gasteiger partial charge in [0, 0.05) is 18.8 Å². The van der Waals surface area contributed by atoms with Gasteiger partial charge in [-0.15, -0.1) is 0 Å². The van der Waals surface area contributed by atoms with Gasteiger partial charge in [-0.2, -0.15) is 0 Å². The zero-order chi connectivity index (χ0) is 11.8. The van der Waals surface area contributed by atoms with Gasteiger partial charge in [-0.1, -0.05) is 0 Å². The number of hydrogen-bond donors (Lipinski definition) is 1. The molecule has 16 heavy (non-hydrogen) atoms. The second-order valence-corrected chi connectivity index (χ2v) is 4.77. The lowest BCUT2D eigenvalue weighted by atomic mass is 9.88. The van der Waals surface area contributed by atoms with Crippen molar-refractivity contribution in [3.8, 4) is 0 Å². The van der Waals surface area contributed by atoms with Crippen LogP contribution in [0.3, 0.4) is 0 Å². The van der Waals surface area contributed by atoms with Crippen LogP contribution in [0, 0.1) is 0 Å². The third-order valence-electron chi connectivity index (χ3n) is 3.60. The standard InChI is InChI=1S/C11H18N2O3/c1-8-10(15)12-7-9(14)13(8)11(2)3-5-16-6-4-11/h8H,3-7H2,1-2H3,(H,12,15). The summed E-state index contributed by atoms with van der Waals surface area (Å²) in [7, 11) is 0. The Balaban J connectivity index is 2.21. The second kappa shape index (κ2) is 4.05. The van der Waals surface area contributed by atoms with Gasteiger partial charge in [0.05, 0.1) is 6.54 Å². The molecule has 0 aromatic heterocycles. The monoisotopic (exact) mass is 226 g/mol. The van der Waals surface area contributed by atoms with E-state index in [1.54, 1.807) is 11.8 Å². The molecule has 1 atom stereocenters. The number of hydrogen-bond acceptors (Lipinski definition) is 3. The number of rotatable bonds is 1. The first-order valence-electron chi connectivity index (χ1n) is 5.72. The van der Waals surface area contributed by atoms with E-state index in [0.29, 0.717) is 13.2 Å². The van der Waals surface area contributed by atoms with Crippen molar-refractivity contribution in [3.05, 3.63) is 0 Å². The van der Waals surface area contributed by atoms with E-state index < -0.39 is 0 Å². The van der Waals surface area contributed by atoms with Gasteiger partial charge in [0.25, 0.3) is 0 Å². The van der Waals surface area contributed by atoms with E-state index in [1.807, 2.05) is 6.92 Å². The SMILES string of the molecule is CC1C(=O)NCC(=O)N1C1(C)CCOCC1. The molecule has 0 spiro atoms. The van der Waals surface area contributed by atoms with Crippen molar-refractivity contribution >= 4 is 11.8 Å². The molecule has 2 aliphatic heterocycles. The van der Waals surface area contributed by atoms with Gasteiger partial charge in [0.15, 0.2) is 0 Å². The lowest BCUT2D eigenvalue weighted by Gasteiger charge is -2.48. The normalized spacial score (nSPS) is 30.1. The van der Waals surface area contributed by atoms with Gasteiger partial charge in [-0.25, -0.2) is 0 Å². The fraction of sp³-hybridized carbons (Fsp3) is 0.818. The highest BCUT2D eigenvalue weighted by Gasteiger charge is 2.43. The number of ether oxygens (including phenoxy) is 1. The average molecular weight is 226 g/mol. The van der Waals surface area contributed by atoms with Crippen LogP contribution in [0.25, 0.3) is 0 Å². The largest absolute Gasteiger partial charge is 0.381 e. The Morgan fingerprint density at radius 1 is 1.38 bits per heavy atom. The molecule has 0 aromatic carbocycles. The molecule has 0 aromatic rings.